The summed E-state index contributed by atoms with van der Waals surface area (Å²) in [4.78, 5) is 0. The lowest BCUT2D eigenvalue weighted by molar-refractivity contribution is 0.141. The Morgan fingerprint density at radius 2 is 2.38 bits per heavy atom. The summed E-state index contributed by atoms with van der Waals surface area (Å²) in [6.45, 7) is 5.56. The third-order valence-electron chi connectivity index (χ3n) is 2.45. The number of anilines is 1. The van der Waals surface area contributed by atoms with Gasteiger partial charge in [0.25, 0.3) is 0 Å². The fourth-order valence-corrected chi connectivity index (χ4v) is 1.69. The number of hydrogen-bond acceptors (Lipinski definition) is 3. The molecule has 0 saturated carbocycles. The minimum absolute atomic E-state index is 0.286. The molecule has 1 aromatic carbocycles. The van der Waals surface area contributed by atoms with E-state index in [0.717, 1.165) is 23.2 Å². The number of ether oxygens (including phenoxy) is 1. The van der Waals surface area contributed by atoms with Crippen LogP contribution in [0, 0.1) is 0 Å². The van der Waals surface area contributed by atoms with E-state index in [1.54, 1.807) is 0 Å². The van der Waals surface area contributed by atoms with E-state index in [2.05, 4.69) is 22.4 Å². The van der Waals surface area contributed by atoms with E-state index in [1.807, 2.05) is 31.3 Å². The van der Waals surface area contributed by atoms with E-state index < -0.39 is 0 Å². The van der Waals surface area contributed by atoms with Crippen molar-refractivity contribution in [2.45, 2.75) is 19.9 Å². The average molecular weight is 219 g/mol. The number of para-hydroxylation sites is 1. The molecule has 2 N–H and O–H groups in total. The number of nitrogens with zero attached hydrogens (tertiary/aromatic N) is 1. The number of aromatic nitrogens is 2. The molecule has 0 saturated heterocycles. The molecule has 0 aliphatic rings. The summed E-state index contributed by atoms with van der Waals surface area (Å²) in [6.07, 6.45) is 1.83. The lowest BCUT2D eigenvalue weighted by Gasteiger charge is -2.15. The van der Waals surface area contributed by atoms with Crippen molar-refractivity contribution >= 4 is 16.6 Å². The van der Waals surface area contributed by atoms with Gasteiger partial charge in [-0.15, -0.1) is 0 Å². The highest BCUT2D eigenvalue weighted by molar-refractivity contribution is 5.89. The van der Waals surface area contributed by atoms with Crippen molar-refractivity contribution in [3.05, 3.63) is 24.4 Å². The highest BCUT2D eigenvalue weighted by atomic mass is 16.5. The molecule has 86 valence electrons. The summed E-state index contributed by atoms with van der Waals surface area (Å²) in [5.41, 5.74) is 2.12. The van der Waals surface area contributed by atoms with Gasteiger partial charge in [0, 0.05) is 18.0 Å². The Balaban J connectivity index is 2.11. The molecule has 1 heterocycles. The molecule has 4 nitrogen and oxygen atoms in total. The lowest BCUT2D eigenvalue weighted by atomic mass is 10.2. The van der Waals surface area contributed by atoms with Gasteiger partial charge in [-0.05, 0) is 19.9 Å². The molecule has 2 aromatic rings. The summed E-state index contributed by atoms with van der Waals surface area (Å²) >= 11 is 0. The van der Waals surface area contributed by atoms with Crippen molar-refractivity contribution in [1.82, 2.24) is 10.2 Å². The maximum absolute atomic E-state index is 5.37. The van der Waals surface area contributed by atoms with E-state index in [0.29, 0.717) is 6.61 Å². The van der Waals surface area contributed by atoms with Gasteiger partial charge in [-0.25, -0.2) is 0 Å². The molecule has 16 heavy (non-hydrogen) atoms. The number of fused-ring (bicyclic) bond motifs is 1. The van der Waals surface area contributed by atoms with Gasteiger partial charge in [-0.3, -0.25) is 5.10 Å². The normalized spacial score (nSPS) is 12.9. The Bertz CT molecular complexity index is 452. The van der Waals surface area contributed by atoms with Crippen molar-refractivity contribution in [3.63, 3.8) is 0 Å². The lowest BCUT2D eigenvalue weighted by Crippen LogP contribution is -2.21. The van der Waals surface area contributed by atoms with Crippen LogP contribution in [0.1, 0.15) is 13.8 Å². The molecule has 0 spiro atoms. The topological polar surface area (TPSA) is 49.9 Å². The first-order valence-corrected chi connectivity index (χ1v) is 5.57. The van der Waals surface area contributed by atoms with Gasteiger partial charge >= 0.3 is 0 Å². The quantitative estimate of drug-likeness (QED) is 0.811. The molecule has 4 heteroatoms. The predicted molar refractivity (Wildman–Crippen MR) is 65.7 cm³/mol. The van der Waals surface area contributed by atoms with Crippen molar-refractivity contribution in [2.75, 3.05) is 18.5 Å². The number of nitrogens with one attached hydrogen (secondary N) is 2. The van der Waals surface area contributed by atoms with Crippen molar-refractivity contribution < 1.29 is 4.74 Å². The second-order valence-electron chi connectivity index (χ2n) is 3.84. The Morgan fingerprint density at radius 3 is 3.19 bits per heavy atom. The SMILES string of the molecule is CCOCC(C)Nc1cccc2cn[nH]c12. The van der Waals surface area contributed by atoms with Gasteiger partial charge in [0.05, 0.1) is 24.0 Å². The summed E-state index contributed by atoms with van der Waals surface area (Å²) in [6, 6.07) is 6.39. The Kier molecular flexibility index (Phi) is 3.41. The second kappa shape index (κ2) is 4.99. The zero-order valence-corrected chi connectivity index (χ0v) is 9.66. The first-order valence-electron chi connectivity index (χ1n) is 5.57. The molecule has 1 atom stereocenters. The minimum atomic E-state index is 0.286. The van der Waals surface area contributed by atoms with Crippen LogP contribution in [0.15, 0.2) is 24.4 Å². The van der Waals surface area contributed by atoms with Crippen LogP contribution in [-0.4, -0.2) is 29.5 Å². The summed E-state index contributed by atoms with van der Waals surface area (Å²) in [5, 5.41) is 11.6. The Morgan fingerprint density at radius 1 is 1.50 bits per heavy atom. The van der Waals surface area contributed by atoms with Gasteiger partial charge in [-0.2, -0.15) is 5.10 Å². The zero-order chi connectivity index (χ0) is 11.4. The second-order valence-corrected chi connectivity index (χ2v) is 3.84. The zero-order valence-electron chi connectivity index (χ0n) is 9.66. The van der Waals surface area contributed by atoms with Crippen LogP contribution < -0.4 is 5.32 Å². The highest BCUT2D eigenvalue weighted by Crippen LogP contribution is 2.20. The number of benzene rings is 1. The van der Waals surface area contributed by atoms with Gasteiger partial charge in [0.15, 0.2) is 0 Å². The van der Waals surface area contributed by atoms with Crippen LogP contribution in [0.2, 0.25) is 0 Å². The molecule has 0 amide bonds. The van der Waals surface area contributed by atoms with Crippen LogP contribution in [-0.2, 0) is 4.74 Å². The molecule has 0 bridgehead atoms. The van der Waals surface area contributed by atoms with Crippen LogP contribution in [0.5, 0.6) is 0 Å². The van der Waals surface area contributed by atoms with Crippen LogP contribution in [0.3, 0.4) is 0 Å². The van der Waals surface area contributed by atoms with E-state index in [9.17, 15) is 0 Å². The fraction of sp³-hybridized carbons (Fsp3) is 0.417. The monoisotopic (exact) mass is 219 g/mol. The summed E-state index contributed by atoms with van der Waals surface area (Å²) in [7, 11) is 0. The predicted octanol–water partition coefficient (Wildman–Crippen LogP) is 2.40. The number of rotatable bonds is 5. The fourth-order valence-electron chi connectivity index (χ4n) is 1.69. The van der Waals surface area contributed by atoms with Crippen LogP contribution in [0.4, 0.5) is 5.69 Å². The molecule has 0 fully saturated rings. The first kappa shape index (κ1) is 11.0. The largest absolute Gasteiger partial charge is 0.380 e. The molecule has 1 aromatic heterocycles. The van der Waals surface area contributed by atoms with E-state index >= 15 is 0 Å². The molecule has 0 radical (unpaired) electrons. The smallest absolute Gasteiger partial charge is 0.0881 e. The van der Waals surface area contributed by atoms with E-state index in [-0.39, 0.29) is 6.04 Å². The standard InChI is InChI=1S/C12H17N3O/c1-3-16-8-9(2)14-11-6-4-5-10-7-13-15-12(10)11/h4-7,9,14H,3,8H2,1-2H3,(H,13,15). The van der Waals surface area contributed by atoms with Gasteiger partial charge in [0.2, 0.25) is 0 Å². The summed E-state index contributed by atoms with van der Waals surface area (Å²) in [5.74, 6) is 0. The molecular formula is C12H17N3O. The van der Waals surface area contributed by atoms with Gasteiger partial charge in [-0.1, -0.05) is 12.1 Å². The Labute approximate surface area is 95.0 Å². The third kappa shape index (κ3) is 2.33. The van der Waals surface area contributed by atoms with Gasteiger partial charge < -0.3 is 10.1 Å². The third-order valence-corrected chi connectivity index (χ3v) is 2.45. The minimum Gasteiger partial charge on any atom is -0.380 e. The molecule has 0 aliphatic carbocycles. The molecule has 1 unspecified atom stereocenters. The number of aromatic amines is 1. The van der Waals surface area contributed by atoms with Crippen LogP contribution >= 0.6 is 0 Å². The first-order chi connectivity index (χ1) is 7.81. The highest BCUT2D eigenvalue weighted by Gasteiger charge is 2.06. The molecule has 2 rings (SSSR count). The van der Waals surface area contributed by atoms with Crippen LogP contribution in [0.25, 0.3) is 10.9 Å². The van der Waals surface area contributed by atoms with Crippen molar-refractivity contribution in [3.8, 4) is 0 Å². The molecular weight excluding hydrogens is 202 g/mol. The Hall–Kier alpha value is -1.55. The van der Waals surface area contributed by atoms with Crippen molar-refractivity contribution in [2.24, 2.45) is 0 Å². The average Bonchev–Trinajstić information content (AvgIpc) is 2.75. The van der Waals surface area contributed by atoms with Gasteiger partial charge in [0.1, 0.15) is 0 Å². The number of H-pyrrole nitrogens is 1. The number of hydrogen-bond donors (Lipinski definition) is 2. The summed E-state index contributed by atoms with van der Waals surface area (Å²) < 4.78 is 5.37. The van der Waals surface area contributed by atoms with Crippen molar-refractivity contribution in [1.29, 1.82) is 0 Å². The van der Waals surface area contributed by atoms with E-state index in [4.69, 9.17) is 4.74 Å². The maximum atomic E-state index is 5.37. The van der Waals surface area contributed by atoms with E-state index in [1.165, 1.54) is 0 Å². The molecule has 0 aliphatic heterocycles. The maximum Gasteiger partial charge on any atom is 0.0881 e.